The van der Waals surface area contributed by atoms with E-state index in [0.29, 0.717) is 0 Å². The summed E-state index contributed by atoms with van der Waals surface area (Å²) in [7, 11) is 0. The fourth-order valence-electron chi connectivity index (χ4n) is 5.94. The second kappa shape index (κ2) is 33.0. The molecule has 217 valence electrons. The molecule has 0 N–H and O–H groups in total. The summed E-state index contributed by atoms with van der Waals surface area (Å²) in [4.78, 5) is 0. The highest BCUT2D eigenvalue weighted by molar-refractivity contribution is 4.62. The first kappa shape index (κ1) is 36.0. The summed E-state index contributed by atoms with van der Waals surface area (Å²) in [5, 5.41) is 0. The minimum atomic E-state index is 1.02. The summed E-state index contributed by atoms with van der Waals surface area (Å²) in [6.07, 6.45) is 46.7. The van der Waals surface area contributed by atoms with Crippen molar-refractivity contribution in [2.75, 3.05) is 0 Å². The zero-order valence-corrected chi connectivity index (χ0v) is 25.9. The van der Waals surface area contributed by atoms with Crippen molar-refractivity contribution < 1.29 is 0 Å². The highest BCUT2D eigenvalue weighted by Gasteiger charge is 2.08. The number of hydrogen-bond acceptors (Lipinski definition) is 0. The van der Waals surface area contributed by atoms with Crippen molar-refractivity contribution >= 4 is 0 Å². The molecular formula is C36H73. The van der Waals surface area contributed by atoms with E-state index in [4.69, 9.17) is 0 Å². The summed E-state index contributed by atoms with van der Waals surface area (Å²) in [6, 6.07) is 0. The second-order valence-corrected chi connectivity index (χ2v) is 12.3. The number of unbranched alkanes of at least 4 members (excludes halogenated alkanes) is 26. The lowest BCUT2D eigenvalue weighted by Gasteiger charge is -2.17. The van der Waals surface area contributed by atoms with E-state index in [2.05, 4.69) is 20.8 Å². The fourth-order valence-corrected chi connectivity index (χ4v) is 5.94. The van der Waals surface area contributed by atoms with Crippen LogP contribution in [0.1, 0.15) is 219 Å². The minimum Gasteiger partial charge on any atom is -0.0654 e. The number of hydrogen-bond donors (Lipinski definition) is 0. The third kappa shape index (κ3) is 30.2. The van der Waals surface area contributed by atoms with Crippen LogP contribution in [-0.4, -0.2) is 0 Å². The lowest BCUT2D eigenvalue weighted by atomic mass is 9.89. The Morgan fingerprint density at radius 2 is 0.528 bits per heavy atom. The highest BCUT2D eigenvalue weighted by Crippen LogP contribution is 2.25. The molecule has 36 heavy (non-hydrogen) atoms. The number of rotatable bonds is 32. The van der Waals surface area contributed by atoms with Gasteiger partial charge in [0, 0.05) is 0 Å². The molecule has 0 heteroatoms. The Bertz CT molecular complexity index is 359. The average molecular weight is 506 g/mol. The molecule has 0 aromatic heterocycles. The third-order valence-electron chi connectivity index (χ3n) is 8.54. The average Bonchev–Trinajstić information content (AvgIpc) is 2.89. The molecule has 0 aromatic carbocycles. The Hall–Kier alpha value is 0. The molecule has 0 rings (SSSR count). The molecule has 0 bridgehead atoms. The third-order valence-corrected chi connectivity index (χ3v) is 8.54. The molecule has 1 atom stereocenters. The first-order valence-electron chi connectivity index (χ1n) is 17.6. The Kier molecular flexibility index (Phi) is 33.0. The van der Waals surface area contributed by atoms with Crippen molar-refractivity contribution in [3.63, 3.8) is 0 Å². The van der Waals surface area contributed by atoms with Gasteiger partial charge in [-0.3, -0.25) is 0 Å². The topological polar surface area (TPSA) is 0 Å². The quantitative estimate of drug-likeness (QED) is 0.0797. The van der Waals surface area contributed by atoms with E-state index >= 15 is 0 Å². The van der Waals surface area contributed by atoms with Crippen LogP contribution in [0.2, 0.25) is 0 Å². The SMILES string of the molecule is [CH2]CCCCCC(CCCCCCCCCCCCCC)CCCCCCCCCCCCCCC. The predicted octanol–water partition coefficient (Wildman–Crippen LogP) is 14.0. The van der Waals surface area contributed by atoms with Crippen molar-refractivity contribution in [1.82, 2.24) is 0 Å². The summed E-state index contributed by atoms with van der Waals surface area (Å²) < 4.78 is 0. The minimum absolute atomic E-state index is 1.02. The smallest absolute Gasteiger partial charge is 0.0414 e. The van der Waals surface area contributed by atoms with Crippen molar-refractivity contribution in [3.8, 4) is 0 Å². The van der Waals surface area contributed by atoms with E-state index < -0.39 is 0 Å². The molecule has 0 saturated carbocycles. The van der Waals surface area contributed by atoms with Gasteiger partial charge >= 0.3 is 0 Å². The summed E-state index contributed by atoms with van der Waals surface area (Å²) in [5.74, 6) is 1.02. The van der Waals surface area contributed by atoms with Crippen LogP contribution in [0.15, 0.2) is 0 Å². The van der Waals surface area contributed by atoms with Gasteiger partial charge in [0.2, 0.25) is 0 Å². The maximum absolute atomic E-state index is 4.03. The Morgan fingerprint density at radius 3 is 0.778 bits per heavy atom. The van der Waals surface area contributed by atoms with Crippen LogP contribution in [0.5, 0.6) is 0 Å². The van der Waals surface area contributed by atoms with E-state index in [1.165, 1.54) is 199 Å². The lowest BCUT2D eigenvalue weighted by Crippen LogP contribution is -2.01. The molecule has 0 spiro atoms. The largest absolute Gasteiger partial charge is 0.0654 e. The first-order chi connectivity index (χ1) is 17.8. The lowest BCUT2D eigenvalue weighted by molar-refractivity contribution is 0.366. The van der Waals surface area contributed by atoms with E-state index in [1.54, 1.807) is 0 Å². The molecule has 0 nitrogen and oxygen atoms in total. The van der Waals surface area contributed by atoms with Crippen molar-refractivity contribution in [2.24, 2.45) is 5.92 Å². The van der Waals surface area contributed by atoms with Crippen LogP contribution >= 0.6 is 0 Å². The molecule has 1 unspecified atom stereocenters. The van der Waals surface area contributed by atoms with Gasteiger partial charge in [0.1, 0.15) is 0 Å². The molecule has 0 fully saturated rings. The monoisotopic (exact) mass is 506 g/mol. The zero-order chi connectivity index (χ0) is 26.2. The van der Waals surface area contributed by atoms with Gasteiger partial charge in [-0.1, -0.05) is 226 Å². The Labute approximate surface area is 232 Å². The first-order valence-corrected chi connectivity index (χ1v) is 17.6. The van der Waals surface area contributed by atoms with Gasteiger partial charge in [0.05, 0.1) is 0 Å². The standard InChI is InChI=1S/C36H73/c1-4-7-10-13-15-17-19-21-23-25-27-29-32-35-36(33-30-12-9-6-3)34-31-28-26-24-22-20-18-16-14-11-8-5-2/h36H,3-35H2,1-2H3. The van der Waals surface area contributed by atoms with Gasteiger partial charge in [-0.2, -0.15) is 0 Å². The maximum atomic E-state index is 4.03. The van der Waals surface area contributed by atoms with Gasteiger partial charge < -0.3 is 0 Å². The molecule has 0 saturated heterocycles. The van der Waals surface area contributed by atoms with Crippen LogP contribution in [0.25, 0.3) is 0 Å². The summed E-state index contributed by atoms with van der Waals surface area (Å²) in [5.41, 5.74) is 0. The van der Waals surface area contributed by atoms with Crippen LogP contribution in [0.4, 0.5) is 0 Å². The maximum Gasteiger partial charge on any atom is -0.0414 e. The fraction of sp³-hybridized carbons (Fsp3) is 0.972. The van der Waals surface area contributed by atoms with E-state index in [0.717, 1.165) is 12.3 Å². The highest BCUT2D eigenvalue weighted by atomic mass is 14.1. The molecule has 0 aliphatic carbocycles. The van der Waals surface area contributed by atoms with Gasteiger partial charge in [-0.25, -0.2) is 0 Å². The van der Waals surface area contributed by atoms with Crippen molar-refractivity contribution in [1.29, 1.82) is 0 Å². The van der Waals surface area contributed by atoms with Crippen LogP contribution < -0.4 is 0 Å². The Morgan fingerprint density at radius 1 is 0.306 bits per heavy atom. The Balaban J connectivity index is 3.64. The van der Waals surface area contributed by atoms with Gasteiger partial charge in [-0.15, -0.1) is 0 Å². The van der Waals surface area contributed by atoms with Crippen molar-refractivity contribution in [2.45, 2.75) is 219 Å². The molecule has 0 aliphatic heterocycles. The van der Waals surface area contributed by atoms with Crippen LogP contribution in [-0.2, 0) is 0 Å². The molecule has 0 amide bonds. The predicted molar refractivity (Wildman–Crippen MR) is 168 cm³/mol. The van der Waals surface area contributed by atoms with Crippen LogP contribution in [0, 0.1) is 12.8 Å². The normalized spacial score (nSPS) is 12.4. The second-order valence-electron chi connectivity index (χ2n) is 12.3. The van der Waals surface area contributed by atoms with E-state index in [-0.39, 0.29) is 0 Å². The molecule has 0 heterocycles. The molecule has 1 radical (unpaired) electrons. The van der Waals surface area contributed by atoms with Gasteiger partial charge in [0.15, 0.2) is 0 Å². The van der Waals surface area contributed by atoms with Gasteiger partial charge in [0.25, 0.3) is 0 Å². The van der Waals surface area contributed by atoms with E-state index in [1.807, 2.05) is 0 Å². The molecule has 0 aliphatic rings. The van der Waals surface area contributed by atoms with Crippen LogP contribution in [0.3, 0.4) is 0 Å². The molecular weight excluding hydrogens is 432 g/mol. The van der Waals surface area contributed by atoms with E-state index in [9.17, 15) is 0 Å². The zero-order valence-electron chi connectivity index (χ0n) is 25.9. The summed E-state index contributed by atoms with van der Waals surface area (Å²) in [6.45, 7) is 8.65. The summed E-state index contributed by atoms with van der Waals surface area (Å²) >= 11 is 0. The van der Waals surface area contributed by atoms with Gasteiger partial charge in [-0.05, 0) is 5.92 Å². The van der Waals surface area contributed by atoms with Crippen molar-refractivity contribution in [3.05, 3.63) is 6.92 Å². The molecule has 0 aromatic rings.